The third-order valence-corrected chi connectivity index (χ3v) is 5.59. The molecule has 1 heterocycles. The fourth-order valence-corrected chi connectivity index (χ4v) is 4.41. The summed E-state index contributed by atoms with van der Waals surface area (Å²) in [6, 6.07) is 7.22. The van der Waals surface area contributed by atoms with Gasteiger partial charge in [-0.15, -0.1) is 11.3 Å². The van der Waals surface area contributed by atoms with Crippen LogP contribution in [0.3, 0.4) is 0 Å². The summed E-state index contributed by atoms with van der Waals surface area (Å²) in [4.78, 5) is 2.67. The maximum Gasteiger partial charge on any atom is 0.126 e. The maximum atomic E-state index is 13.9. The van der Waals surface area contributed by atoms with Crippen molar-refractivity contribution >= 4 is 27.3 Å². The minimum atomic E-state index is -0.183. The minimum Gasteiger partial charge on any atom is -0.271 e. The molecule has 0 saturated heterocycles. The molecule has 2 aromatic rings. The molecule has 0 aliphatic heterocycles. The van der Waals surface area contributed by atoms with Gasteiger partial charge in [0.2, 0.25) is 0 Å². The molecule has 1 atom stereocenters. The summed E-state index contributed by atoms with van der Waals surface area (Å²) in [6.07, 6.45) is 4.14. The standard InChI is InChI=1S/C15H16BrFN2S/c16-11-4-5-12(17)10(6-11)7-13(19-18)15-8-9-2-1-3-14(9)20-15/h4-6,8,13,19H,1-3,7,18H2. The number of rotatable bonds is 4. The number of halogens is 2. The molecule has 0 radical (unpaired) electrons. The highest BCUT2D eigenvalue weighted by Gasteiger charge is 2.20. The van der Waals surface area contributed by atoms with E-state index in [2.05, 4.69) is 27.4 Å². The second-order valence-electron chi connectivity index (χ2n) is 5.11. The van der Waals surface area contributed by atoms with Crippen LogP contribution in [-0.2, 0) is 19.3 Å². The van der Waals surface area contributed by atoms with Gasteiger partial charge in [-0.3, -0.25) is 11.3 Å². The summed E-state index contributed by atoms with van der Waals surface area (Å²) in [5, 5.41) is 0. The Labute approximate surface area is 130 Å². The summed E-state index contributed by atoms with van der Waals surface area (Å²) < 4.78 is 14.7. The average Bonchev–Trinajstić information content (AvgIpc) is 3.00. The molecule has 5 heteroatoms. The van der Waals surface area contributed by atoms with Crippen molar-refractivity contribution in [3.63, 3.8) is 0 Å². The van der Waals surface area contributed by atoms with Crippen LogP contribution in [0.4, 0.5) is 4.39 Å². The fraction of sp³-hybridized carbons (Fsp3) is 0.333. The van der Waals surface area contributed by atoms with Crippen LogP contribution in [0.5, 0.6) is 0 Å². The second kappa shape index (κ2) is 5.93. The van der Waals surface area contributed by atoms with Gasteiger partial charge in [0.05, 0.1) is 6.04 Å². The largest absolute Gasteiger partial charge is 0.271 e. The van der Waals surface area contributed by atoms with E-state index in [1.54, 1.807) is 6.07 Å². The van der Waals surface area contributed by atoms with Crippen LogP contribution >= 0.6 is 27.3 Å². The Morgan fingerprint density at radius 3 is 2.95 bits per heavy atom. The van der Waals surface area contributed by atoms with E-state index in [1.807, 2.05) is 17.4 Å². The van der Waals surface area contributed by atoms with Crippen LogP contribution in [0.15, 0.2) is 28.7 Å². The molecule has 0 spiro atoms. The number of hydrogen-bond acceptors (Lipinski definition) is 3. The first-order valence-electron chi connectivity index (χ1n) is 6.69. The van der Waals surface area contributed by atoms with Gasteiger partial charge in [0.15, 0.2) is 0 Å². The zero-order valence-corrected chi connectivity index (χ0v) is 13.4. The topological polar surface area (TPSA) is 38.0 Å². The molecule has 0 saturated carbocycles. The Morgan fingerprint density at radius 2 is 2.20 bits per heavy atom. The van der Waals surface area contributed by atoms with Crippen LogP contribution in [-0.4, -0.2) is 0 Å². The summed E-state index contributed by atoms with van der Waals surface area (Å²) >= 11 is 5.19. The zero-order valence-electron chi connectivity index (χ0n) is 11.0. The summed E-state index contributed by atoms with van der Waals surface area (Å²) in [5.74, 6) is 5.50. The van der Waals surface area contributed by atoms with E-state index in [9.17, 15) is 4.39 Å². The lowest BCUT2D eigenvalue weighted by molar-refractivity contribution is 0.535. The molecule has 3 rings (SSSR count). The summed E-state index contributed by atoms with van der Waals surface area (Å²) in [7, 11) is 0. The van der Waals surface area contributed by atoms with Gasteiger partial charge in [-0.05, 0) is 61.1 Å². The Kier molecular flexibility index (Phi) is 4.21. The van der Waals surface area contributed by atoms with E-state index in [0.29, 0.717) is 12.0 Å². The molecule has 106 valence electrons. The Bertz CT molecular complexity index is 605. The third-order valence-electron chi connectivity index (χ3n) is 3.74. The molecule has 1 aromatic heterocycles. The minimum absolute atomic E-state index is 0.0330. The molecule has 20 heavy (non-hydrogen) atoms. The van der Waals surface area contributed by atoms with Crippen molar-refractivity contribution in [2.24, 2.45) is 5.84 Å². The van der Waals surface area contributed by atoms with Crippen molar-refractivity contribution in [1.82, 2.24) is 5.43 Å². The van der Waals surface area contributed by atoms with Crippen molar-refractivity contribution in [3.05, 3.63) is 55.4 Å². The normalized spacial score (nSPS) is 15.3. The van der Waals surface area contributed by atoms with Crippen molar-refractivity contribution < 1.29 is 4.39 Å². The Morgan fingerprint density at radius 1 is 1.35 bits per heavy atom. The van der Waals surface area contributed by atoms with Crippen LogP contribution < -0.4 is 11.3 Å². The van der Waals surface area contributed by atoms with Gasteiger partial charge in [-0.1, -0.05) is 15.9 Å². The van der Waals surface area contributed by atoms with Crippen LogP contribution in [0.25, 0.3) is 0 Å². The van der Waals surface area contributed by atoms with Crippen molar-refractivity contribution in [1.29, 1.82) is 0 Å². The molecule has 1 aliphatic rings. The van der Waals surface area contributed by atoms with E-state index in [4.69, 9.17) is 5.84 Å². The fourth-order valence-electron chi connectivity index (χ4n) is 2.69. The van der Waals surface area contributed by atoms with Gasteiger partial charge in [0.1, 0.15) is 5.82 Å². The van der Waals surface area contributed by atoms with Crippen molar-refractivity contribution in [2.75, 3.05) is 0 Å². The number of nitrogens with one attached hydrogen (secondary N) is 1. The lowest BCUT2D eigenvalue weighted by atomic mass is 10.0. The number of hydrazine groups is 1. The van der Waals surface area contributed by atoms with Gasteiger partial charge in [-0.2, -0.15) is 0 Å². The van der Waals surface area contributed by atoms with Crippen molar-refractivity contribution in [3.8, 4) is 0 Å². The quantitative estimate of drug-likeness (QED) is 0.645. The van der Waals surface area contributed by atoms with Crippen LogP contribution in [0.2, 0.25) is 0 Å². The first-order valence-corrected chi connectivity index (χ1v) is 8.30. The molecule has 2 nitrogen and oxygen atoms in total. The molecule has 1 unspecified atom stereocenters. The van der Waals surface area contributed by atoms with E-state index >= 15 is 0 Å². The highest BCUT2D eigenvalue weighted by atomic mass is 79.9. The number of hydrogen-bond donors (Lipinski definition) is 2. The molecular weight excluding hydrogens is 339 g/mol. The monoisotopic (exact) mass is 354 g/mol. The number of nitrogens with two attached hydrogens (primary N) is 1. The lowest BCUT2D eigenvalue weighted by Crippen LogP contribution is -2.29. The van der Waals surface area contributed by atoms with Gasteiger partial charge in [0.25, 0.3) is 0 Å². The number of fused-ring (bicyclic) bond motifs is 1. The van der Waals surface area contributed by atoms with Gasteiger partial charge in [-0.25, -0.2) is 4.39 Å². The zero-order chi connectivity index (χ0) is 14.1. The first-order chi connectivity index (χ1) is 9.67. The Hall–Kier alpha value is -0.750. The maximum absolute atomic E-state index is 13.9. The lowest BCUT2D eigenvalue weighted by Gasteiger charge is -2.15. The highest BCUT2D eigenvalue weighted by molar-refractivity contribution is 9.10. The van der Waals surface area contributed by atoms with E-state index in [0.717, 1.165) is 10.9 Å². The van der Waals surface area contributed by atoms with Gasteiger partial charge in [0, 0.05) is 14.2 Å². The molecule has 1 aromatic carbocycles. The predicted octanol–water partition coefficient (Wildman–Crippen LogP) is 3.89. The summed E-state index contributed by atoms with van der Waals surface area (Å²) in [6.45, 7) is 0. The molecular formula is C15H16BrFN2S. The number of benzene rings is 1. The van der Waals surface area contributed by atoms with Gasteiger partial charge < -0.3 is 0 Å². The molecule has 0 amide bonds. The number of thiophene rings is 1. The van der Waals surface area contributed by atoms with E-state index < -0.39 is 0 Å². The Balaban J connectivity index is 1.84. The molecule has 1 aliphatic carbocycles. The molecule has 0 bridgehead atoms. The predicted molar refractivity (Wildman–Crippen MR) is 84.2 cm³/mol. The smallest absolute Gasteiger partial charge is 0.126 e. The van der Waals surface area contributed by atoms with Gasteiger partial charge >= 0.3 is 0 Å². The average molecular weight is 355 g/mol. The molecule has 3 N–H and O–H groups in total. The SMILES string of the molecule is NNC(Cc1cc(Br)ccc1F)c1cc2c(s1)CCC2. The van der Waals surface area contributed by atoms with Crippen LogP contribution in [0, 0.1) is 5.82 Å². The number of aryl methyl sites for hydroxylation is 2. The first kappa shape index (κ1) is 14.2. The second-order valence-corrected chi connectivity index (χ2v) is 7.19. The highest BCUT2D eigenvalue weighted by Crippen LogP contribution is 2.35. The van der Waals surface area contributed by atoms with E-state index in [-0.39, 0.29) is 11.9 Å². The van der Waals surface area contributed by atoms with Crippen molar-refractivity contribution in [2.45, 2.75) is 31.7 Å². The molecule has 0 fully saturated rings. The van der Waals surface area contributed by atoms with Crippen LogP contribution in [0.1, 0.15) is 33.3 Å². The summed E-state index contributed by atoms with van der Waals surface area (Å²) in [5.41, 5.74) is 4.95. The van der Waals surface area contributed by atoms with E-state index in [1.165, 1.54) is 34.2 Å². The third kappa shape index (κ3) is 2.81.